The van der Waals surface area contributed by atoms with Gasteiger partial charge in [-0.05, 0) is 40.8 Å². The summed E-state index contributed by atoms with van der Waals surface area (Å²) in [5, 5.41) is 20.9. The molecule has 0 spiro atoms. The first-order chi connectivity index (χ1) is 11.9. The lowest BCUT2D eigenvalue weighted by atomic mass is 9.85. The lowest BCUT2D eigenvalue weighted by Crippen LogP contribution is -2.48. The number of phenolic OH excluding ortho intramolecular Hbond substituents is 1. The highest BCUT2D eigenvalue weighted by atomic mass is 16.3. The molecule has 1 fully saturated rings. The summed E-state index contributed by atoms with van der Waals surface area (Å²) in [6.45, 7) is 9.38. The molecule has 1 unspecified atom stereocenters. The maximum Gasteiger partial charge on any atom is 0.133 e. The molecule has 0 radical (unpaired) electrons. The van der Waals surface area contributed by atoms with Crippen molar-refractivity contribution in [3.63, 3.8) is 0 Å². The molecule has 1 aromatic carbocycles. The van der Waals surface area contributed by atoms with E-state index in [0.29, 0.717) is 0 Å². The highest BCUT2D eigenvalue weighted by Gasteiger charge is 2.26. The highest BCUT2D eigenvalue weighted by Crippen LogP contribution is 2.33. The number of hydrogen-bond acceptors (Lipinski definition) is 5. The van der Waals surface area contributed by atoms with Crippen molar-refractivity contribution in [3.8, 4) is 5.75 Å². The molecule has 0 aliphatic carbocycles. The van der Waals surface area contributed by atoms with E-state index < -0.39 is 6.23 Å². The van der Waals surface area contributed by atoms with Crippen LogP contribution in [0.4, 0.5) is 5.82 Å². The van der Waals surface area contributed by atoms with Crippen molar-refractivity contribution in [2.75, 3.05) is 31.1 Å². The quantitative estimate of drug-likeness (QED) is 0.899. The normalized spacial score (nSPS) is 17.5. The minimum Gasteiger partial charge on any atom is -0.508 e. The second kappa shape index (κ2) is 7.02. The van der Waals surface area contributed by atoms with E-state index >= 15 is 0 Å². The van der Waals surface area contributed by atoms with Crippen LogP contribution in [-0.4, -0.2) is 46.3 Å². The van der Waals surface area contributed by atoms with Gasteiger partial charge in [0, 0.05) is 32.4 Å². The van der Waals surface area contributed by atoms with E-state index in [0.717, 1.165) is 43.1 Å². The maximum absolute atomic E-state index is 10.8. The minimum absolute atomic E-state index is 0.169. The number of aliphatic hydroxyl groups excluding tert-OH is 1. The van der Waals surface area contributed by atoms with Gasteiger partial charge in [-0.2, -0.15) is 0 Å². The number of aromatic hydroxyl groups is 1. The fourth-order valence-corrected chi connectivity index (χ4v) is 3.26. The number of nitrogens with zero attached hydrogens (tertiary/aromatic N) is 3. The molecule has 3 rings (SSSR count). The molecule has 1 aliphatic heterocycles. The Morgan fingerprint density at radius 2 is 1.76 bits per heavy atom. The standard InChI is InChI=1S/C20H27N3O2/c1-20(2,3)16-14-15(7-8-17(16)24)19(25)23-12-10-22(11-13-23)18-6-4-5-9-21-18/h4-9,14,19,24-25H,10-13H2,1-3H3. The summed E-state index contributed by atoms with van der Waals surface area (Å²) in [4.78, 5) is 8.70. The molecule has 1 aliphatic rings. The summed E-state index contributed by atoms with van der Waals surface area (Å²) >= 11 is 0. The summed E-state index contributed by atoms with van der Waals surface area (Å²) in [5.41, 5.74) is 1.52. The lowest BCUT2D eigenvalue weighted by molar-refractivity contribution is -0.00180. The number of rotatable bonds is 3. The van der Waals surface area contributed by atoms with Gasteiger partial charge in [-0.15, -0.1) is 0 Å². The van der Waals surface area contributed by atoms with Crippen LogP contribution in [0.2, 0.25) is 0 Å². The van der Waals surface area contributed by atoms with Crippen LogP contribution in [0.15, 0.2) is 42.6 Å². The van der Waals surface area contributed by atoms with Gasteiger partial charge in [0.1, 0.15) is 17.8 Å². The minimum atomic E-state index is -0.660. The average Bonchev–Trinajstić information content (AvgIpc) is 2.61. The number of piperazine rings is 1. The number of aromatic nitrogens is 1. The molecule has 2 N–H and O–H groups in total. The second-order valence-corrected chi connectivity index (χ2v) is 7.61. The van der Waals surface area contributed by atoms with Crippen molar-refractivity contribution < 1.29 is 10.2 Å². The van der Waals surface area contributed by atoms with Crippen molar-refractivity contribution in [1.29, 1.82) is 0 Å². The molecule has 5 heteroatoms. The third kappa shape index (κ3) is 3.94. The molecular formula is C20H27N3O2. The van der Waals surface area contributed by atoms with E-state index in [1.807, 2.05) is 24.3 Å². The first-order valence-electron chi connectivity index (χ1n) is 8.78. The van der Waals surface area contributed by atoms with Gasteiger partial charge in [0.25, 0.3) is 0 Å². The predicted octanol–water partition coefficient (Wildman–Crippen LogP) is 2.90. The van der Waals surface area contributed by atoms with Gasteiger partial charge in [-0.1, -0.05) is 32.9 Å². The Balaban J connectivity index is 1.70. The molecule has 1 aromatic heterocycles. The molecule has 25 heavy (non-hydrogen) atoms. The molecule has 5 nitrogen and oxygen atoms in total. The summed E-state index contributed by atoms with van der Waals surface area (Å²) < 4.78 is 0. The van der Waals surface area contributed by atoms with Gasteiger partial charge in [-0.3, -0.25) is 4.90 Å². The van der Waals surface area contributed by atoms with Crippen LogP contribution in [0.3, 0.4) is 0 Å². The van der Waals surface area contributed by atoms with Gasteiger partial charge in [0.15, 0.2) is 0 Å². The molecule has 0 saturated carbocycles. The van der Waals surface area contributed by atoms with Gasteiger partial charge in [0.2, 0.25) is 0 Å². The number of aliphatic hydroxyl groups is 1. The van der Waals surface area contributed by atoms with Crippen molar-refractivity contribution in [2.45, 2.75) is 32.4 Å². The van der Waals surface area contributed by atoms with Crippen LogP contribution in [0.1, 0.15) is 38.1 Å². The smallest absolute Gasteiger partial charge is 0.133 e. The largest absolute Gasteiger partial charge is 0.508 e. The molecule has 1 saturated heterocycles. The fourth-order valence-electron chi connectivity index (χ4n) is 3.26. The van der Waals surface area contributed by atoms with Crippen molar-refractivity contribution in [3.05, 3.63) is 53.7 Å². The van der Waals surface area contributed by atoms with E-state index in [1.165, 1.54) is 0 Å². The molecule has 1 atom stereocenters. The second-order valence-electron chi connectivity index (χ2n) is 7.61. The molecule has 0 bridgehead atoms. The number of phenols is 1. The van der Waals surface area contributed by atoms with Crippen molar-refractivity contribution in [1.82, 2.24) is 9.88 Å². The lowest BCUT2D eigenvalue weighted by Gasteiger charge is -2.38. The van der Waals surface area contributed by atoms with Crippen LogP contribution < -0.4 is 4.90 Å². The zero-order valence-corrected chi connectivity index (χ0v) is 15.2. The first kappa shape index (κ1) is 17.7. The highest BCUT2D eigenvalue weighted by molar-refractivity contribution is 5.41. The zero-order valence-electron chi connectivity index (χ0n) is 15.2. The fraction of sp³-hybridized carbons (Fsp3) is 0.450. The summed E-state index contributed by atoms with van der Waals surface area (Å²) in [6.07, 6.45) is 1.15. The van der Waals surface area contributed by atoms with Crippen LogP contribution in [0.25, 0.3) is 0 Å². The Kier molecular flexibility index (Phi) is 4.97. The van der Waals surface area contributed by atoms with Crippen molar-refractivity contribution in [2.24, 2.45) is 0 Å². The number of anilines is 1. The zero-order chi connectivity index (χ0) is 18.0. The third-order valence-electron chi connectivity index (χ3n) is 4.76. The van der Waals surface area contributed by atoms with Crippen LogP contribution in [-0.2, 0) is 5.41 Å². The molecule has 134 valence electrons. The van der Waals surface area contributed by atoms with E-state index in [-0.39, 0.29) is 11.2 Å². The monoisotopic (exact) mass is 341 g/mol. The molecule has 2 aromatic rings. The number of benzene rings is 1. The van der Waals surface area contributed by atoms with Gasteiger partial charge < -0.3 is 15.1 Å². The maximum atomic E-state index is 10.8. The molecule has 2 heterocycles. The van der Waals surface area contributed by atoms with Gasteiger partial charge in [0.05, 0.1) is 0 Å². The first-order valence-corrected chi connectivity index (χ1v) is 8.78. The van der Waals surface area contributed by atoms with Gasteiger partial charge >= 0.3 is 0 Å². The Labute approximate surface area is 149 Å². The van der Waals surface area contributed by atoms with E-state index in [2.05, 4.69) is 35.6 Å². The summed E-state index contributed by atoms with van der Waals surface area (Å²) in [6, 6.07) is 11.3. The number of pyridine rings is 1. The average molecular weight is 341 g/mol. The number of hydrogen-bond donors (Lipinski definition) is 2. The summed E-state index contributed by atoms with van der Waals surface area (Å²) in [7, 11) is 0. The SMILES string of the molecule is CC(C)(C)c1cc(C(O)N2CCN(c3ccccn3)CC2)ccc1O. The van der Waals surface area contributed by atoms with E-state index in [4.69, 9.17) is 0 Å². The summed E-state index contributed by atoms with van der Waals surface area (Å²) in [5.74, 6) is 1.26. The van der Waals surface area contributed by atoms with Gasteiger partial charge in [-0.25, -0.2) is 4.98 Å². The Morgan fingerprint density at radius 1 is 1.04 bits per heavy atom. The van der Waals surface area contributed by atoms with Crippen LogP contribution in [0.5, 0.6) is 5.75 Å². The predicted molar refractivity (Wildman–Crippen MR) is 99.8 cm³/mol. The van der Waals surface area contributed by atoms with E-state index in [1.54, 1.807) is 18.3 Å². The Hall–Kier alpha value is -2.11. The third-order valence-corrected chi connectivity index (χ3v) is 4.76. The topological polar surface area (TPSA) is 59.8 Å². The Bertz CT molecular complexity index is 705. The Morgan fingerprint density at radius 3 is 2.36 bits per heavy atom. The van der Waals surface area contributed by atoms with Crippen LogP contribution in [0, 0.1) is 0 Å². The molecular weight excluding hydrogens is 314 g/mol. The van der Waals surface area contributed by atoms with Crippen molar-refractivity contribution >= 4 is 5.82 Å². The van der Waals surface area contributed by atoms with Crippen LogP contribution >= 0.6 is 0 Å². The van der Waals surface area contributed by atoms with E-state index in [9.17, 15) is 10.2 Å². The molecule has 0 amide bonds.